The average molecular weight is 345 g/mol. The Labute approximate surface area is 148 Å². The second-order valence-corrected chi connectivity index (χ2v) is 7.48. The third-order valence-corrected chi connectivity index (χ3v) is 5.76. The summed E-state index contributed by atoms with van der Waals surface area (Å²) in [6, 6.07) is 0. The normalized spacial score (nSPS) is 21.8. The van der Waals surface area contributed by atoms with Crippen LogP contribution in [0.4, 0.5) is 0 Å². The summed E-state index contributed by atoms with van der Waals surface area (Å²) in [5.74, 6) is 3.14. The molecule has 4 rings (SSSR count). The Morgan fingerprint density at radius 2 is 2.00 bits per heavy atom. The topological polar surface area (TPSA) is 80.2 Å². The van der Waals surface area contributed by atoms with E-state index in [1.165, 1.54) is 25.7 Å². The summed E-state index contributed by atoms with van der Waals surface area (Å²) >= 11 is 0. The molecule has 2 aliphatic rings. The standard InChI is InChI=1S/C18H27N5O2/c1-22-11-8-19-18(22)16(24)13-6-9-23(10-7-13)12-15-20-17(21-25-15)14-4-2-3-5-14/h8,11,13-14,16,24H,2-7,9-10,12H2,1H3. The van der Waals surface area contributed by atoms with Crippen molar-refractivity contribution in [2.45, 2.75) is 57.1 Å². The van der Waals surface area contributed by atoms with Gasteiger partial charge < -0.3 is 14.2 Å². The van der Waals surface area contributed by atoms with Gasteiger partial charge in [-0.3, -0.25) is 4.90 Å². The third-order valence-electron chi connectivity index (χ3n) is 5.76. The van der Waals surface area contributed by atoms with E-state index in [0.717, 1.165) is 43.5 Å². The Bertz CT molecular complexity index is 683. The number of piperidine rings is 1. The van der Waals surface area contributed by atoms with E-state index in [0.29, 0.717) is 12.5 Å². The van der Waals surface area contributed by atoms with Gasteiger partial charge in [0.2, 0.25) is 5.89 Å². The lowest BCUT2D eigenvalue weighted by Gasteiger charge is -2.33. The largest absolute Gasteiger partial charge is 0.385 e. The van der Waals surface area contributed by atoms with Gasteiger partial charge in [-0.25, -0.2) is 4.98 Å². The third kappa shape index (κ3) is 3.62. The minimum Gasteiger partial charge on any atom is -0.385 e. The molecule has 1 unspecified atom stereocenters. The fourth-order valence-corrected chi connectivity index (χ4v) is 4.17. The first-order valence-electron chi connectivity index (χ1n) is 9.41. The van der Waals surface area contributed by atoms with E-state index in [4.69, 9.17) is 4.52 Å². The highest BCUT2D eigenvalue weighted by Gasteiger charge is 2.29. The van der Waals surface area contributed by atoms with Gasteiger partial charge >= 0.3 is 0 Å². The molecule has 1 N–H and O–H groups in total. The molecule has 136 valence electrons. The minimum atomic E-state index is -0.487. The number of aromatic nitrogens is 4. The Morgan fingerprint density at radius 1 is 1.24 bits per heavy atom. The number of aliphatic hydroxyl groups is 1. The molecule has 3 heterocycles. The van der Waals surface area contributed by atoms with Gasteiger partial charge in [-0.1, -0.05) is 18.0 Å². The molecule has 7 heteroatoms. The van der Waals surface area contributed by atoms with Crippen molar-refractivity contribution < 1.29 is 9.63 Å². The first-order valence-corrected chi connectivity index (χ1v) is 9.41. The molecule has 1 aliphatic carbocycles. The predicted molar refractivity (Wildman–Crippen MR) is 91.7 cm³/mol. The highest BCUT2D eigenvalue weighted by molar-refractivity contribution is 5.00. The zero-order valence-corrected chi connectivity index (χ0v) is 14.8. The van der Waals surface area contributed by atoms with Crippen molar-refractivity contribution in [3.05, 3.63) is 29.9 Å². The lowest BCUT2D eigenvalue weighted by molar-refractivity contribution is 0.0465. The van der Waals surface area contributed by atoms with Crippen molar-refractivity contribution in [3.63, 3.8) is 0 Å². The quantitative estimate of drug-likeness (QED) is 0.896. The van der Waals surface area contributed by atoms with Crippen molar-refractivity contribution >= 4 is 0 Å². The van der Waals surface area contributed by atoms with Crippen LogP contribution in [0.5, 0.6) is 0 Å². The van der Waals surface area contributed by atoms with Gasteiger partial charge in [0, 0.05) is 25.4 Å². The van der Waals surface area contributed by atoms with E-state index in [-0.39, 0.29) is 5.92 Å². The van der Waals surface area contributed by atoms with Crippen LogP contribution in [-0.4, -0.2) is 42.8 Å². The lowest BCUT2D eigenvalue weighted by atomic mass is 9.90. The molecule has 0 bridgehead atoms. The van der Waals surface area contributed by atoms with Crippen molar-refractivity contribution in [1.29, 1.82) is 0 Å². The number of likely N-dealkylation sites (tertiary alicyclic amines) is 1. The maximum Gasteiger partial charge on any atom is 0.240 e. The van der Waals surface area contributed by atoms with Crippen LogP contribution in [0, 0.1) is 5.92 Å². The van der Waals surface area contributed by atoms with Crippen LogP contribution >= 0.6 is 0 Å². The van der Waals surface area contributed by atoms with Gasteiger partial charge in [0.25, 0.3) is 0 Å². The number of nitrogens with zero attached hydrogens (tertiary/aromatic N) is 5. The molecule has 2 fully saturated rings. The van der Waals surface area contributed by atoms with E-state index in [1.54, 1.807) is 6.20 Å². The summed E-state index contributed by atoms with van der Waals surface area (Å²) in [7, 11) is 1.93. The van der Waals surface area contributed by atoms with Crippen LogP contribution in [0.2, 0.25) is 0 Å². The number of hydrogen-bond donors (Lipinski definition) is 1. The molecule has 2 aromatic heterocycles. The molecule has 2 aromatic rings. The first kappa shape index (κ1) is 16.7. The van der Waals surface area contributed by atoms with Crippen LogP contribution in [0.15, 0.2) is 16.9 Å². The first-order chi connectivity index (χ1) is 12.2. The number of hydrogen-bond acceptors (Lipinski definition) is 6. The lowest BCUT2D eigenvalue weighted by Crippen LogP contribution is -2.35. The summed E-state index contributed by atoms with van der Waals surface area (Å²) in [6.45, 7) is 2.59. The van der Waals surface area contributed by atoms with Crippen molar-refractivity contribution in [1.82, 2.24) is 24.6 Å². The van der Waals surface area contributed by atoms with Gasteiger partial charge in [-0.05, 0) is 44.7 Å². The van der Waals surface area contributed by atoms with Gasteiger partial charge in [-0.2, -0.15) is 4.98 Å². The average Bonchev–Trinajstić information content (AvgIpc) is 3.36. The molecular formula is C18H27N5O2. The van der Waals surface area contributed by atoms with E-state index in [1.807, 2.05) is 17.8 Å². The second kappa shape index (κ2) is 7.25. The molecule has 0 radical (unpaired) electrons. The Hall–Kier alpha value is -1.73. The Balaban J connectivity index is 1.29. The zero-order chi connectivity index (χ0) is 17.2. The Kier molecular flexibility index (Phi) is 4.85. The van der Waals surface area contributed by atoms with Gasteiger partial charge in [0.1, 0.15) is 11.9 Å². The van der Waals surface area contributed by atoms with E-state index >= 15 is 0 Å². The van der Waals surface area contributed by atoms with Gasteiger partial charge in [0.05, 0.1) is 6.54 Å². The number of aryl methyl sites for hydroxylation is 1. The Morgan fingerprint density at radius 3 is 2.68 bits per heavy atom. The van der Waals surface area contributed by atoms with Crippen molar-refractivity contribution in [2.75, 3.05) is 13.1 Å². The van der Waals surface area contributed by atoms with Crippen molar-refractivity contribution in [3.8, 4) is 0 Å². The van der Waals surface area contributed by atoms with E-state index in [2.05, 4.69) is 20.0 Å². The van der Waals surface area contributed by atoms with Gasteiger partial charge in [-0.15, -0.1) is 0 Å². The maximum absolute atomic E-state index is 10.6. The molecule has 7 nitrogen and oxygen atoms in total. The van der Waals surface area contributed by atoms with Crippen LogP contribution in [0.1, 0.15) is 68.1 Å². The van der Waals surface area contributed by atoms with Gasteiger partial charge in [0.15, 0.2) is 5.82 Å². The monoisotopic (exact) mass is 345 g/mol. The summed E-state index contributed by atoms with van der Waals surface area (Å²) in [5.41, 5.74) is 0. The van der Waals surface area contributed by atoms with E-state index < -0.39 is 6.10 Å². The molecule has 25 heavy (non-hydrogen) atoms. The molecule has 0 amide bonds. The molecule has 0 spiro atoms. The molecule has 0 aromatic carbocycles. The summed E-state index contributed by atoms with van der Waals surface area (Å²) < 4.78 is 7.37. The van der Waals surface area contributed by atoms with E-state index in [9.17, 15) is 5.11 Å². The fraction of sp³-hybridized carbons (Fsp3) is 0.722. The zero-order valence-electron chi connectivity index (χ0n) is 14.8. The molecule has 1 saturated heterocycles. The van der Waals surface area contributed by atoms with Crippen LogP contribution < -0.4 is 0 Å². The highest BCUT2D eigenvalue weighted by atomic mass is 16.5. The smallest absolute Gasteiger partial charge is 0.240 e. The van der Waals surface area contributed by atoms with Crippen LogP contribution in [0.3, 0.4) is 0 Å². The summed E-state index contributed by atoms with van der Waals surface area (Å²) in [5, 5.41) is 14.8. The minimum absolute atomic E-state index is 0.258. The molecule has 1 aliphatic heterocycles. The number of imidazole rings is 1. The highest BCUT2D eigenvalue weighted by Crippen LogP contribution is 2.33. The number of aliphatic hydroxyl groups excluding tert-OH is 1. The fourth-order valence-electron chi connectivity index (χ4n) is 4.17. The van der Waals surface area contributed by atoms with Crippen LogP contribution in [0.25, 0.3) is 0 Å². The maximum atomic E-state index is 10.6. The second-order valence-electron chi connectivity index (χ2n) is 7.48. The summed E-state index contributed by atoms with van der Waals surface area (Å²) in [4.78, 5) is 11.2. The number of rotatable bonds is 5. The summed E-state index contributed by atoms with van der Waals surface area (Å²) in [6.07, 6.45) is 9.98. The SMILES string of the molecule is Cn1ccnc1C(O)C1CCN(Cc2nc(C3CCCC3)no2)CC1. The van der Waals surface area contributed by atoms with Crippen molar-refractivity contribution in [2.24, 2.45) is 13.0 Å². The molecule has 1 atom stereocenters. The molecule has 1 saturated carbocycles. The van der Waals surface area contributed by atoms with Crippen LogP contribution in [-0.2, 0) is 13.6 Å². The molecular weight excluding hydrogens is 318 g/mol. The predicted octanol–water partition coefficient (Wildman–Crippen LogP) is 2.41.